The van der Waals surface area contributed by atoms with Gasteiger partial charge in [0, 0.05) is 55.9 Å². The Balaban J connectivity index is 1.40. The van der Waals surface area contributed by atoms with Crippen molar-refractivity contribution in [1.82, 2.24) is 4.90 Å². The predicted molar refractivity (Wildman–Crippen MR) is 137 cm³/mol. The van der Waals surface area contributed by atoms with Crippen LogP contribution in [0.5, 0.6) is 0 Å². The molecule has 35 heavy (non-hydrogen) atoms. The minimum Gasteiger partial charge on any atom is -0.366 e. The number of primary amides is 1. The molecule has 0 aromatic heterocycles. The maximum atomic E-state index is 13.3. The first kappa shape index (κ1) is 22.5. The Morgan fingerprint density at radius 3 is 2.11 bits per heavy atom. The zero-order valence-electron chi connectivity index (χ0n) is 19.8. The molecule has 0 saturated carbocycles. The van der Waals surface area contributed by atoms with E-state index in [1.54, 1.807) is 44.8 Å². The first-order valence-corrected chi connectivity index (χ1v) is 11.6. The summed E-state index contributed by atoms with van der Waals surface area (Å²) in [6.45, 7) is 4.46. The normalized spacial score (nSPS) is 15.9. The summed E-state index contributed by atoms with van der Waals surface area (Å²) in [6, 6.07) is 20.6. The highest BCUT2D eigenvalue weighted by Crippen LogP contribution is 2.34. The van der Waals surface area contributed by atoms with E-state index in [2.05, 4.69) is 0 Å². The Bertz CT molecular complexity index is 1320. The lowest BCUT2D eigenvalue weighted by Gasteiger charge is -2.22. The lowest BCUT2D eigenvalue weighted by Crippen LogP contribution is -2.32. The summed E-state index contributed by atoms with van der Waals surface area (Å²) >= 11 is 0. The van der Waals surface area contributed by atoms with Gasteiger partial charge in [-0.2, -0.15) is 0 Å². The Morgan fingerprint density at radius 1 is 0.771 bits per heavy atom. The summed E-state index contributed by atoms with van der Waals surface area (Å²) in [5.41, 5.74) is 11.2. The second-order valence-corrected chi connectivity index (χ2v) is 8.85. The van der Waals surface area contributed by atoms with E-state index in [9.17, 15) is 14.4 Å². The van der Waals surface area contributed by atoms with E-state index >= 15 is 0 Å². The van der Waals surface area contributed by atoms with Crippen LogP contribution >= 0.6 is 0 Å². The number of carbonyl (C=O) groups is 3. The molecule has 8 heteroatoms. The fourth-order valence-corrected chi connectivity index (χ4v) is 4.76. The quantitative estimate of drug-likeness (QED) is 0.611. The van der Waals surface area contributed by atoms with Gasteiger partial charge in [-0.05, 0) is 60.0 Å². The van der Waals surface area contributed by atoms with Gasteiger partial charge in [-0.25, -0.2) is 9.59 Å². The second-order valence-electron chi connectivity index (χ2n) is 8.85. The van der Waals surface area contributed by atoms with E-state index in [0.717, 1.165) is 34.6 Å². The average molecular weight is 470 g/mol. The SMILES string of the molecule is Cc1c(-c2ccc(N3CCN(C)C3=O)cc2)cccc1N1CCN(c2cccc(C(N)=O)c2)C1=O. The Hall–Kier alpha value is -4.33. The standard InChI is InChI=1S/C27H27N5O3/c1-18-23(19-9-11-21(12-10-19)30-14-13-29(2)26(30)34)7-4-8-24(18)32-16-15-31(27(32)35)22-6-3-5-20(17-22)25(28)33/h3-12,17H,13-16H2,1-2H3,(H2,28,33). The Morgan fingerprint density at radius 2 is 1.43 bits per heavy atom. The average Bonchev–Trinajstić information content (AvgIpc) is 3.41. The molecule has 178 valence electrons. The van der Waals surface area contributed by atoms with Crippen molar-refractivity contribution < 1.29 is 14.4 Å². The van der Waals surface area contributed by atoms with E-state index < -0.39 is 5.91 Å². The van der Waals surface area contributed by atoms with Crippen molar-refractivity contribution in [3.05, 3.63) is 77.9 Å². The molecule has 2 aliphatic heterocycles. The van der Waals surface area contributed by atoms with Crippen molar-refractivity contribution in [3.63, 3.8) is 0 Å². The van der Waals surface area contributed by atoms with E-state index in [0.29, 0.717) is 30.9 Å². The van der Waals surface area contributed by atoms with Gasteiger partial charge in [0.1, 0.15) is 0 Å². The molecule has 0 spiro atoms. The molecule has 2 heterocycles. The van der Waals surface area contributed by atoms with Crippen LogP contribution in [0.25, 0.3) is 11.1 Å². The molecule has 5 amide bonds. The summed E-state index contributed by atoms with van der Waals surface area (Å²) in [6.07, 6.45) is 0. The highest BCUT2D eigenvalue weighted by Gasteiger charge is 2.32. The van der Waals surface area contributed by atoms with Gasteiger partial charge in [0.25, 0.3) is 0 Å². The van der Waals surface area contributed by atoms with Crippen molar-refractivity contribution in [2.75, 3.05) is 47.9 Å². The zero-order valence-corrected chi connectivity index (χ0v) is 19.8. The van der Waals surface area contributed by atoms with Crippen molar-refractivity contribution in [2.24, 2.45) is 5.73 Å². The fraction of sp³-hybridized carbons (Fsp3) is 0.222. The number of amides is 5. The van der Waals surface area contributed by atoms with Gasteiger partial charge in [-0.15, -0.1) is 0 Å². The van der Waals surface area contributed by atoms with Crippen molar-refractivity contribution >= 4 is 35.0 Å². The van der Waals surface area contributed by atoms with Gasteiger partial charge in [0.05, 0.1) is 0 Å². The molecule has 3 aromatic rings. The van der Waals surface area contributed by atoms with E-state index in [4.69, 9.17) is 5.73 Å². The highest BCUT2D eigenvalue weighted by atomic mass is 16.2. The number of benzene rings is 3. The Labute approximate surface area is 204 Å². The number of nitrogens with two attached hydrogens (primary N) is 1. The third kappa shape index (κ3) is 3.97. The van der Waals surface area contributed by atoms with Crippen LogP contribution in [-0.2, 0) is 0 Å². The topological polar surface area (TPSA) is 90.2 Å². The first-order valence-electron chi connectivity index (χ1n) is 11.6. The van der Waals surface area contributed by atoms with E-state index in [1.807, 2.05) is 55.5 Å². The maximum Gasteiger partial charge on any atom is 0.329 e. The lowest BCUT2D eigenvalue weighted by molar-refractivity contribution is 0.1000. The number of rotatable bonds is 5. The van der Waals surface area contributed by atoms with Crippen LogP contribution in [0.15, 0.2) is 66.7 Å². The number of urea groups is 2. The molecule has 0 atom stereocenters. The fourth-order valence-electron chi connectivity index (χ4n) is 4.76. The summed E-state index contributed by atoms with van der Waals surface area (Å²) in [5.74, 6) is -0.522. The molecule has 2 N–H and O–H groups in total. The third-order valence-corrected chi connectivity index (χ3v) is 6.75. The van der Waals surface area contributed by atoms with Gasteiger partial charge >= 0.3 is 12.1 Å². The molecular weight excluding hydrogens is 442 g/mol. The largest absolute Gasteiger partial charge is 0.366 e. The summed E-state index contributed by atoms with van der Waals surface area (Å²) < 4.78 is 0. The zero-order chi connectivity index (χ0) is 24.7. The number of anilines is 3. The molecule has 2 saturated heterocycles. The number of hydrogen-bond donors (Lipinski definition) is 1. The van der Waals surface area contributed by atoms with Crippen molar-refractivity contribution in [1.29, 1.82) is 0 Å². The molecule has 2 fully saturated rings. The molecule has 0 bridgehead atoms. The monoisotopic (exact) mass is 469 g/mol. The summed E-state index contributed by atoms with van der Waals surface area (Å²) in [4.78, 5) is 44.1. The smallest absolute Gasteiger partial charge is 0.329 e. The summed E-state index contributed by atoms with van der Waals surface area (Å²) in [7, 11) is 1.81. The minimum absolute atomic E-state index is 0.00870. The maximum absolute atomic E-state index is 13.3. The van der Waals surface area contributed by atoms with Gasteiger partial charge in [-0.3, -0.25) is 19.5 Å². The number of nitrogens with zero attached hydrogens (tertiary/aromatic N) is 4. The van der Waals surface area contributed by atoms with Gasteiger partial charge in [0.15, 0.2) is 0 Å². The van der Waals surface area contributed by atoms with Crippen LogP contribution in [0, 0.1) is 6.92 Å². The molecule has 3 aromatic carbocycles. The lowest BCUT2D eigenvalue weighted by atomic mass is 9.98. The molecule has 8 nitrogen and oxygen atoms in total. The van der Waals surface area contributed by atoms with Crippen molar-refractivity contribution in [2.45, 2.75) is 6.92 Å². The number of likely N-dealkylation sites (N-methyl/N-ethyl adjacent to an activating group) is 1. The Kier molecular flexibility index (Phi) is 5.64. The van der Waals surface area contributed by atoms with Crippen molar-refractivity contribution in [3.8, 4) is 11.1 Å². The molecule has 5 rings (SSSR count). The van der Waals surface area contributed by atoms with Crippen LogP contribution in [0.2, 0.25) is 0 Å². The number of carbonyl (C=O) groups excluding carboxylic acids is 3. The molecule has 0 aliphatic carbocycles. The van der Waals surface area contributed by atoms with Gasteiger partial charge in [0.2, 0.25) is 5.91 Å². The van der Waals surface area contributed by atoms with Gasteiger partial charge in [-0.1, -0.05) is 30.3 Å². The summed E-state index contributed by atoms with van der Waals surface area (Å²) in [5, 5.41) is 0. The second kappa shape index (κ2) is 8.79. The van der Waals surface area contributed by atoms with Crippen LogP contribution in [0.4, 0.5) is 26.7 Å². The minimum atomic E-state index is -0.522. The van der Waals surface area contributed by atoms with Crippen LogP contribution < -0.4 is 20.4 Å². The predicted octanol–water partition coefficient (Wildman–Crippen LogP) is 4.08. The highest BCUT2D eigenvalue weighted by molar-refractivity contribution is 6.07. The van der Waals surface area contributed by atoms with Gasteiger partial charge < -0.3 is 10.6 Å². The van der Waals surface area contributed by atoms with Crippen LogP contribution in [-0.4, -0.2) is 56.1 Å². The van der Waals surface area contributed by atoms with Crippen LogP contribution in [0.1, 0.15) is 15.9 Å². The molecule has 0 radical (unpaired) electrons. The van der Waals surface area contributed by atoms with Crippen LogP contribution in [0.3, 0.4) is 0 Å². The third-order valence-electron chi connectivity index (χ3n) is 6.75. The van der Waals surface area contributed by atoms with E-state index in [1.165, 1.54) is 0 Å². The first-order chi connectivity index (χ1) is 16.8. The number of hydrogen-bond acceptors (Lipinski definition) is 3. The molecule has 0 unspecified atom stereocenters. The van der Waals surface area contributed by atoms with E-state index in [-0.39, 0.29) is 12.1 Å². The molecular formula is C27H27N5O3. The molecule has 2 aliphatic rings.